The highest BCUT2D eigenvalue weighted by molar-refractivity contribution is 5.76. The van der Waals surface area contributed by atoms with Crippen LogP contribution in [-0.4, -0.2) is 29.1 Å². The van der Waals surface area contributed by atoms with Gasteiger partial charge in [-0.15, -0.1) is 0 Å². The Morgan fingerprint density at radius 1 is 1.53 bits per heavy atom. The molecule has 1 aromatic heterocycles. The molecular formula is C9H12N4O2. The zero-order chi connectivity index (χ0) is 10.7. The maximum absolute atomic E-state index is 11.2. The summed E-state index contributed by atoms with van der Waals surface area (Å²) in [5.74, 6) is -0.270. The lowest BCUT2D eigenvalue weighted by Gasteiger charge is -2.06. The van der Waals surface area contributed by atoms with E-state index in [2.05, 4.69) is 25.6 Å². The van der Waals surface area contributed by atoms with Crippen molar-refractivity contribution in [3.63, 3.8) is 0 Å². The molecule has 1 fully saturated rings. The number of nitrogens with one attached hydrogen (secondary N) is 2. The third-order valence-electron chi connectivity index (χ3n) is 2.33. The SMILES string of the molecule is COC(=O)C1CC(c2cnccn2)NN1. The molecule has 6 heteroatoms. The van der Waals surface area contributed by atoms with E-state index in [-0.39, 0.29) is 18.1 Å². The highest BCUT2D eigenvalue weighted by Crippen LogP contribution is 2.19. The van der Waals surface area contributed by atoms with Crippen molar-refractivity contribution in [1.29, 1.82) is 0 Å². The fourth-order valence-corrected chi connectivity index (χ4v) is 1.54. The Morgan fingerprint density at radius 2 is 2.40 bits per heavy atom. The van der Waals surface area contributed by atoms with Crippen LogP contribution in [0.3, 0.4) is 0 Å². The predicted octanol–water partition coefficient (Wildman–Crippen LogP) is -0.443. The van der Waals surface area contributed by atoms with Gasteiger partial charge in [0.25, 0.3) is 0 Å². The first-order valence-corrected chi connectivity index (χ1v) is 4.66. The second-order valence-electron chi connectivity index (χ2n) is 3.28. The van der Waals surface area contributed by atoms with Gasteiger partial charge in [-0.25, -0.2) is 10.9 Å². The van der Waals surface area contributed by atoms with Gasteiger partial charge in [0.05, 0.1) is 25.0 Å². The number of aromatic nitrogens is 2. The normalized spacial score (nSPS) is 25.1. The smallest absolute Gasteiger partial charge is 0.324 e. The van der Waals surface area contributed by atoms with Crippen LogP contribution in [-0.2, 0) is 9.53 Å². The van der Waals surface area contributed by atoms with Gasteiger partial charge in [-0.1, -0.05) is 0 Å². The monoisotopic (exact) mass is 208 g/mol. The van der Waals surface area contributed by atoms with Crippen molar-refractivity contribution >= 4 is 5.97 Å². The van der Waals surface area contributed by atoms with Gasteiger partial charge in [0.15, 0.2) is 0 Å². The first kappa shape index (κ1) is 10.0. The molecule has 80 valence electrons. The van der Waals surface area contributed by atoms with Crippen molar-refractivity contribution in [3.05, 3.63) is 24.3 Å². The summed E-state index contributed by atoms with van der Waals surface area (Å²) in [5.41, 5.74) is 6.66. The molecule has 1 aliphatic rings. The number of carbonyl (C=O) groups is 1. The summed E-state index contributed by atoms with van der Waals surface area (Å²) in [7, 11) is 1.37. The minimum Gasteiger partial charge on any atom is -0.468 e. The summed E-state index contributed by atoms with van der Waals surface area (Å²) >= 11 is 0. The molecule has 0 aromatic carbocycles. The topological polar surface area (TPSA) is 76.1 Å². The maximum atomic E-state index is 11.2. The van der Waals surface area contributed by atoms with Crippen LogP contribution in [0, 0.1) is 0 Å². The zero-order valence-corrected chi connectivity index (χ0v) is 8.30. The number of ether oxygens (including phenoxy) is 1. The number of nitrogens with zero attached hydrogens (tertiary/aromatic N) is 2. The standard InChI is InChI=1S/C9H12N4O2/c1-15-9(14)7-4-6(12-13-7)8-5-10-2-3-11-8/h2-3,5-7,12-13H,4H2,1H3. The lowest BCUT2D eigenvalue weighted by Crippen LogP contribution is -2.36. The Balaban J connectivity index is 2.02. The third-order valence-corrected chi connectivity index (χ3v) is 2.33. The fourth-order valence-electron chi connectivity index (χ4n) is 1.54. The van der Waals surface area contributed by atoms with Crippen LogP contribution in [0.4, 0.5) is 0 Å². The molecule has 6 nitrogen and oxygen atoms in total. The zero-order valence-electron chi connectivity index (χ0n) is 8.30. The quantitative estimate of drug-likeness (QED) is 0.641. The largest absolute Gasteiger partial charge is 0.468 e. The van der Waals surface area contributed by atoms with Gasteiger partial charge in [-0.2, -0.15) is 0 Å². The lowest BCUT2D eigenvalue weighted by molar-refractivity contribution is -0.142. The van der Waals surface area contributed by atoms with Crippen molar-refractivity contribution in [2.75, 3.05) is 7.11 Å². The van der Waals surface area contributed by atoms with Crippen molar-refractivity contribution in [2.24, 2.45) is 0 Å². The van der Waals surface area contributed by atoms with Gasteiger partial charge in [-0.3, -0.25) is 14.8 Å². The highest BCUT2D eigenvalue weighted by Gasteiger charge is 2.31. The van der Waals surface area contributed by atoms with Crippen molar-refractivity contribution in [2.45, 2.75) is 18.5 Å². The van der Waals surface area contributed by atoms with E-state index in [0.717, 1.165) is 5.69 Å². The maximum Gasteiger partial charge on any atom is 0.324 e. The Bertz CT molecular complexity index is 343. The van der Waals surface area contributed by atoms with E-state index in [1.165, 1.54) is 7.11 Å². The summed E-state index contributed by atoms with van der Waals surface area (Å²) in [6.07, 6.45) is 5.54. The summed E-state index contributed by atoms with van der Waals surface area (Å²) in [6, 6.07) is -0.315. The van der Waals surface area contributed by atoms with Crippen LogP contribution >= 0.6 is 0 Å². The van der Waals surface area contributed by atoms with Gasteiger partial charge < -0.3 is 4.74 Å². The van der Waals surface area contributed by atoms with Gasteiger partial charge in [0.2, 0.25) is 0 Å². The number of hydrogen-bond donors (Lipinski definition) is 2. The average Bonchev–Trinajstić information content (AvgIpc) is 2.78. The molecular weight excluding hydrogens is 196 g/mol. The van der Waals surface area contributed by atoms with E-state index >= 15 is 0 Å². The van der Waals surface area contributed by atoms with Crippen LogP contribution in [0.15, 0.2) is 18.6 Å². The molecule has 2 unspecified atom stereocenters. The first-order valence-electron chi connectivity index (χ1n) is 4.66. The Kier molecular flexibility index (Phi) is 2.89. The third kappa shape index (κ3) is 2.11. The predicted molar refractivity (Wildman–Crippen MR) is 51.5 cm³/mol. The number of hydrogen-bond acceptors (Lipinski definition) is 6. The number of hydrazine groups is 1. The van der Waals surface area contributed by atoms with Crippen molar-refractivity contribution in [1.82, 2.24) is 20.8 Å². The molecule has 0 radical (unpaired) electrons. The van der Waals surface area contributed by atoms with Crippen LogP contribution in [0.25, 0.3) is 0 Å². The van der Waals surface area contributed by atoms with E-state index in [0.29, 0.717) is 6.42 Å². The van der Waals surface area contributed by atoms with E-state index in [1.807, 2.05) is 0 Å². The second-order valence-corrected chi connectivity index (χ2v) is 3.28. The van der Waals surface area contributed by atoms with Crippen LogP contribution in [0.1, 0.15) is 18.2 Å². The second kappa shape index (κ2) is 4.33. The lowest BCUT2D eigenvalue weighted by atomic mass is 10.1. The van der Waals surface area contributed by atoms with Crippen molar-refractivity contribution < 1.29 is 9.53 Å². The highest BCUT2D eigenvalue weighted by atomic mass is 16.5. The molecule has 2 atom stereocenters. The Morgan fingerprint density at radius 3 is 3.07 bits per heavy atom. The van der Waals surface area contributed by atoms with Crippen LogP contribution < -0.4 is 10.9 Å². The van der Waals surface area contributed by atoms with Gasteiger partial charge >= 0.3 is 5.97 Å². The summed E-state index contributed by atoms with van der Waals surface area (Å²) in [5, 5.41) is 0. The molecule has 1 aliphatic heterocycles. The summed E-state index contributed by atoms with van der Waals surface area (Å²) in [4.78, 5) is 19.4. The minimum atomic E-state index is -0.318. The van der Waals surface area contributed by atoms with E-state index in [9.17, 15) is 4.79 Å². The molecule has 1 aromatic rings. The molecule has 2 N–H and O–H groups in total. The fraction of sp³-hybridized carbons (Fsp3) is 0.444. The molecule has 0 spiro atoms. The number of rotatable bonds is 2. The minimum absolute atomic E-state index is 0.00259. The van der Waals surface area contributed by atoms with Gasteiger partial charge in [0, 0.05) is 12.4 Å². The molecule has 2 heterocycles. The molecule has 0 aliphatic carbocycles. The van der Waals surface area contributed by atoms with E-state index < -0.39 is 0 Å². The molecule has 15 heavy (non-hydrogen) atoms. The summed E-state index contributed by atoms with van der Waals surface area (Å²) < 4.78 is 4.64. The molecule has 0 amide bonds. The van der Waals surface area contributed by atoms with E-state index in [4.69, 9.17) is 0 Å². The molecule has 0 saturated carbocycles. The molecule has 1 saturated heterocycles. The molecule has 2 rings (SSSR count). The number of esters is 1. The number of methoxy groups -OCH3 is 1. The molecule has 0 bridgehead atoms. The summed E-state index contributed by atoms with van der Waals surface area (Å²) in [6.45, 7) is 0. The Labute approximate surface area is 87.0 Å². The van der Waals surface area contributed by atoms with Gasteiger partial charge in [-0.05, 0) is 6.42 Å². The van der Waals surface area contributed by atoms with Crippen LogP contribution in [0.5, 0.6) is 0 Å². The van der Waals surface area contributed by atoms with Crippen LogP contribution in [0.2, 0.25) is 0 Å². The Hall–Kier alpha value is -1.53. The first-order chi connectivity index (χ1) is 7.31. The average molecular weight is 208 g/mol. The van der Waals surface area contributed by atoms with Crippen molar-refractivity contribution in [3.8, 4) is 0 Å². The number of carbonyl (C=O) groups excluding carboxylic acids is 1. The van der Waals surface area contributed by atoms with E-state index in [1.54, 1.807) is 18.6 Å². The van der Waals surface area contributed by atoms with Gasteiger partial charge in [0.1, 0.15) is 6.04 Å².